The minimum absolute atomic E-state index is 0.0171. The molecule has 2 heterocycles. The van der Waals surface area contributed by atoms with Gasteiger partial charge in [0.15, 0.2) is 5.69 Å². The number of aromatic nitrogens is 4. The molecule has 1 aliphatic carbocycles. The van der Waals surface area contributed by atoms with Crippen LogP contribution in [0.15, 0.2) is 24.5 Å². The molecular formula is C16H18F3N5. The molecule has 0 fully saturated rings. The van der Waals surface area contributed by atoms with Crippen LogP contribution in [0.4, 0.5) is 19.0 Å². The van der Waals surface area contributed by atoms with Crippen molar-refractivity contribution in [2.45, 2.75) is 39.3 Å². The molecule has 0 aromatic carbocycles. The summed E-state index contributed by atoms with van der Waals surface area (Å²) in [7, 11) is 0. The molecule has 24 heavy (non-hydrogen) atoms. The van der Waals surface area contributed by atoms with Gasteiger partial charge in [0.1, 0.15) is 5.82 Å². The number of hydrogen-bond donors (Lipinski definition) is 1. The zero-order valence-corrected chi connectivity index (χ0v) is 13.4. The Morgan fingerprint density at radius 3 is 2.42 bits per heavy atom. The molecular weight excluding hydrogens is 319 g/mol. The normalized spacial score (nSPS) is 17.6. The van der Waals surface area contributed by atoms with Crippen molar-refractivity contribution in [2.24, 2.45) is 5.41 Å². The van der Waals surface area contributed by atoms with Crippen LogP contribution in [0.1, 0.15) is 44.4 Å². The number of hydrogen-bond acceptors (Lipinski definition) is 4. The number of allylic oxidation sites excluding steroid dienone is 2. The first-order valence-corrected chi connectivity index (χ1v) is 7.61. The van der Waals surface area contributed by atoms with E-state index in [-0.39, 0.29) is 22.7 Å². The van der Waals surface area contributed by atoms with Gasteiger partial charge in [0.25, 0.3) is 5.95 Å². The van der Waals surface area contributed by atoms with Gasteiger partial charge >= 0.3 is 6.18 Å². The Labute approximate surface area is 137 Å². The van der Waals surface area contributed by atoms with Crippen molar-refractivity contribution in [1.82, 2.24) is 19.7 Å². The molecule has 0 aliphatic heterocycles. The standard InChI is InChI=1S/C16H18F3N5/c1-15(2)6-4-10(5-7-15)11-12(16(17,18)19)23-24(13(11)20)14-21-8-3-9-22-14/h3-4,8-9H,5-7,20H2,1-2H3. The highest BCUT2D eigenvalue weighted by Crippen LogP contribution is 2.44. The second kappa shape index (κ2) is 5.61. The topological polar surface area (TPSA) is 69.6 Å². The van der Waals surface area contributed by atoms with Gasteiger partial charge in [-0.1, -0.05) is 19.9 Å². The van der Waals surface area contributed by atoms with Gasteiger partial charge in [-0.3, -0.25) is 0 Å². The Bertz CT molecular complexity index is 775. The predicted molar refractivity (Wildman–Crippen MR) is 84.2 cm³/mol. The Balaban J connectivity index is 2.15. The first-order valence-electron chi connectivity index (χ1n) is 7.61. The van der Waals surface area contributed by atoms with Gasteiger partial charge in [-0.2, -0.15) is 23.0 Å². The van der Waals surface area contributed by atoms with Crippen LogP contribution in [0, 0.1) is 5.41 Å². The third-order valence-electron chi connectivity index (χ3n) is 4.22. The van der Waals surface area contributed by atoms with Crippen molar-refractivity contribution >= 4 is 11.4 Å². The summed E-state index contributed by atoms with van der Waals surface area (Å²) in [5.74, 6) is -0.0667. The number of nitrogens with zero attached hydrogens (tertiary/aromatic N) is 4. The van der Waals surface area contributed by atoms with Crippen LogP contribution in [0.3, 0.4) is 0 Å². The van der Waals surface area contributed by atoms with E-state index in [0.717, 1.165) is 11.1 Å². The van der Waals surface area contributed by atoms with Crippen molar-refractivity contribution < 1.29 is 13.2 Å². The molecule has 0 spiro atoms. The summed E-state index contributed by atoms with van der Waals surface area (Å²) in [4.78, 5) is 7.87. The van der Waals surface area contributed by atoms with Crippen molar-refractivity contribution in [1.29, 1.82) is 0 Å². The Hall–Kier alpha value is -2.38. The highest BCUT2D eigenvalue weighted by Gasteiger charge is 2.41. The van der Waals surface area contributed by atoms with E-state index in [2.05, 4.69) is 28.9 Å². The number of halogens is 3. The smallest absolute Gasteiger partial charge is 0.383 e. The van der Waals surface area contributed by atoms with Crippen LogP contribution >= 0.6 is 0 Å². The lowest BCUT2D eigenvalue weighted by Gasteiger charge is -2.28. The van der Waals surface area contributed by atoms with Crippen LogP contribution in [0.25, 0.3) is 11.5 Å². The third-order valence-corrected chi connectivity index (χ3v) is 4.22. The number of nitrogens with two attached hydrogens (primary N) is 1. The van der Waals surface area contributed by atoms with Crippen LogP contribution in [-0.4, -0.2) is 19.7 Å². The maximum atomic E-state index is 13.5. The summed E-state index contributed by atoms with van der Waals surface area (Å²) in [6, 6.07) is 1.57. The SMILES string of the molecule is CC1(C)CC=C(c2c(C(F)(F)F)nn(-c3ncccn3)c2N)CC1. The molecule has 2 aromatic rings. The summed E-state index contributed by atoms with van der Waals surface area (Å²) in [6.07, 6.45) is 2.12. The van der Waals surface area contributed by atoms with Crippen LogP contribution in [0.2, 0.25) is 0 Å². The summed E-state index contributed by atoms with van der Waals surface area (Å²) in [5.41, 5.74) is 5.64. The van der Waals surface area contributed by atoms with Crippen molar-refractivity contribution in [2.75, 3.05) is 5.73 Å². The van der Waals surface area contributed by atoms with Crippen molar-refractivity contribution in [3.8, 4) is 5.95 Å². The van der Waals surface area contributed by atoms with E-state index < -0.39 is 11.9 Å². The molecule has 0 radical (unpaired) electrons. The second-order valence-electron chi connectivity index (χ2n) is 6.66. The van der Waals surface area contributed by atoms with E-state index in [1.54, 1.807) is 6.07 Å². The maximum Gasteiger partial charge on any atom is 0.435 e. The van der Waals surface area contributed by atoms with E-state index in [4.69, 9.17) is 5.73 Å². The van der Waals surface area contributed by atoms with Gasteiger partial charge in [-0.05, 0) is 36.3 Å². The molecule has 2 N–H and O–H groups in total. The molecule has 8 heteroatoms. The van der Waals surface area contributed by atoms with E-state index in [9.17, 15) is 13.2 Å². The third kappa shape index (κ3) is 3.00. The molecule has 0 unspecified atom stereocenters. The summed E-state index contributed by atoms with van der Waals surface area (Å²) in [6.45, 7) is 4.19. The molecule has 0 amide bonds. The molecule has 5 nitrogen and oxygen atoms in total. The minimum Gasteiger partial charge on any atom is -0.383 e. The van der Waals surface area contributed by atoms with Crippen molar-refractivity contribution in [3.63, 3.8) is 0 Å². The van der Waals surface area contributed by atoms with Gasteiger partial charge in [0.2, 0.25) is 0 Å². The predicted octanol–water partition coefficient (Wildman–Crippen LogP) is 3.86. The number of nitrogen functional groups attached to an aromatic ring is 1. The number of rotatable bonds is 2. The highest BCUT2D eigenvalue weighted by atomic mass is 19.4. The van der Waals surface area contributed by atoms with E-state index >= 15 is 0 Å². The fourth-order valence-electron chi connectivity index (χ4n) is 2.80. The lowest BCUT2D eigenvalue weighted by molar-refractivity contribution is -0.141. The van der Waals surface area contributed by atoms with Gasteiger partial charge in [0.05, 0.1) is 5.56 Å². The first kappa shape index (κ1) is 16.5. The molecule has 128 valence electrons. The van der Waals surface area contributed by atoms with E-state index in [0.29, 0.717) is 18.4 Å². The van der Waals surface area contributed by atoms with Gasteiger partial charge < -0.3 is 5.73 Å². The second-order valence-corrected chi connectivity index (χ2v) is 6.66. The largest absolute Gasteiger partial charge is 0.435 e. The zero-order chi connectivity index (χ0) is 17.5. The molecule has 0 saturated heterocycles. The fourth-order valence-corrected chi connectivity index (χ4v) is 2.80. The monoisotopic (exact) mass is 337 g/mol. The minimum atomic E-state index is -4.60. The van der Waals surface area contributed by atoms with Gasteiger partial charge in [-0.25, -0.2) is 9.97 Å². The quantitative estimate of drug-likeness (QED) is 0.903. The molecule has 3 rings (SSSR count). The zero-order valence-electron chi connectivity index (χ0n) is 13.4. The average Bonchev–Trinajstić information content (AvgIpc) is 2.86. The Morgan fingerprint density at radius 2 is 1.88 bits per heavy atom. The van der Waals surface area contributed by atoms with Crippen LogP contribution < -0.4 is 5.73 Å². The average molecular weight is 337 g/mol. The van der Waals surface area contributed by atoms with Gasteiger partial charge in [-0.15, -0.1) is 0 Å². The summed E-state index contributed by atoms with van der Waals surface area (Å²) >= 11 is 0. The number of alkyl halides is 3. The lowest BCUT2D eigenvalue weighted by atomic mass is 9.77. The Kier molecular flexibility index (Phi) is 3.85. The fraction of sp³-hybridized carbons (Fsp3) is 0.438. The van der Waals surface area contributed by atoms with Gasteiger partial charge in [0, 0.05) is 12.4 Å². The van der Waals surface area contributed by atoms with Crippen molar-refractivity contribution in [3.05, 3.63) is 35.8 Å². The van der Waals surface area contributed by atoms with E-state index in [1.807, 2.05) is 6.08 Å². The molecule has 0 atom stereocenters. The first-order chi connectivity index (χ1) is 11.2. The molecule has 0 bridgehead atoms. The molecule has 0 saturated carbocycles. The number of anilines is 1. The van der Waals surface area contributed by atoms with E-state index in [1.165, 1.54) is 12.4 Å². The van der Waals surface area contributed by atoms with Crippen LogP contribution in [0.5, 0.6) is 0 Å². The van der Waals surface area contributed by atoms with Crippen LogP contribution in [-0.2, 0) is 6.18 Å². The lowest BCUT2D eigenvalue weighted by Crippen LogP contribution is -2.16. The maximum absolute atomic E-state index is 13.5. The molecule has 2 aromatic heterocycles. The Morgan fingerprint density at radius 1 is 1.21 bits per heavy atom. The highest BCUT2D eigenvalue weighted by molar-refractivity contribution is 5.77. The molecule has 1 aliphatic rings. The summed E-state index contributed by atoms with van der Waals surface area (Å²) < 4.78 is 41.4. The summed E-state index contributed by atoms with van der Waals surface area (Å²) in [5, 5.41) is 3.66.